The van der Waals surface area contributed by atoms with Gasteiger partial charge in [0.1, 0.15) is 5.82 Å². The van der Waals surface area contributed by atoms with Crippen LogP contribution in [0, 0.1) is 6.92 Å². The zero-order chi connectivity index (χ0) is 14.4. The van der Waals surface area contributed by atoms with Crippen molar-refractivity contribution >= 4 is 5.91 Å². The minimum Gasteiger partial charge on any atom is -0.378 e. The van der Waals surface area contributed by atoms with Crippen molar-refractivity contribution in [2.24, 2.45) is 0 Å². The number of aromatic nitrogens is 4. The van der Waals surface area contributed by atoms with Crippen LogP contribution < -0.4 is 0 Å². The number of tetrazole rings is 1. The Morgan fingerprint density at radius 2 is 2.40 bits per heavy atom. The first kappa shape index (κ1) is 14.9. The number of carbonyl (C=O) groups excluding carboxylic acids is 1. The SMILES string of the molecule is Cc1nnnn1CCC(=O)N(C)CCCC1CCCO1. The first-order valence-electron chi connectivity index (χ1n) is 7.25. The van der Waals surface area contributed by atoms with Crippen LogP contribution in [0.4, 0.5) is 0 Å². The smallest absolute Gasteiger partial charge is 0.224 e. The van der Waals surface area contributed by atoms with Crippen LogP contribution in [0.5, 0.6) is 0 Å². The third-order valence-electron chi connectivity index (χ3n) is 3.72. The van der Waals surface area contributed by atoms with E-state index in [0.717, 1.165) is 38.2 Å². The largest absolute Gasteiger partial charge is 0.378 e. The highest BCUT2D eigenvalue weighted by molar-refractivity contribution is 5.75. The molecule has 1 aromatic heterocycles. The number of rotatable bonds is 7. The molecule has 1 aromatic rings. The Balaban J connectivity index is 1.62. The van der Waals surface area contributed by atoms with E-state index in [4.69, 9.17) is 4.74 Å². The molecule has 7 heteroatoms. The second-order valence-corrected chi connectivity index (χ2v) is 5.29. The van der Waals surface area contributed by atoms with Crippen LogP contribution in [-0.4, -0.2) is 57.3 Å². The van der Waals surface area contributed by atoms with Crippen LogP contribution in [0.3, 0.4) is 0 Å². The molecule has 0 aliphatic carbocycles. The molecule has 1 saturated heterocycles. The normalized spacial score (nSPS) is 18.4. The summed E-state index contributed by atoms with van der Waals surface area (Å²) in [6.07, 6.45) is 5.21. The standard InChI is InChI=1S/C13H23N5O2/c1-11-14-15-16-18(11)9-7-13(19)17(2)8-3-5-12-6-4-10-20-12/h12H,3-10H2,1-2H3. The molecule has 0 N–H and O–H groups in total. The van der Waals surface area contributed by atoms with Gasteiger partial charge in [0.15, 0.2) is 0 Å². The molecule has 1 unspecified atom stereocenters. The second kappa shape index (κ2) is 7.33. The molecule has 1 atom stereocenters. The van der Waals surface area contributed by atoms with Crippen molar-refractivity contribution in [2.75, 3.05) is 20.2 Å². The predicted molar refractivity (Wildman–Crippen MR) is 73.0 cm³/mol. The van der Waals surface area contributed by atoms with E-state index in [0.29, 0.717) is 19.1 Å². The van der Waals surface area contributed by atoms with Gasteiger partial charge in [0, 0.05) is 26.6 Å². The van der Waals surface area contributed by atoms with E-state index in [1.54, 1.807) is 9.58 Å². The summed E-state index contributed by atoms with van der Waals surface area (Å²) >= 11 is 0. The monoisotopic (exact) mass is 281 g/mol. The van der Waals surface area contributed by atoms with Gasteiger partial charge in [0.2, 0.25) is 5.91 Å². The van der Waals surface area contributed by atoms with Crippen LogP contribution >= 0.6 is 0 Å². The van der Waals surface area contributed by atoms with Crippen LogP contribution in [-0.2, 0) is 16.1 Å². The molecule has 1 aliphatic heterocycles. The third-order valence-corrected chi connectivity index (χ3v) is 3.72. The Kier molecular flexibility index (Phi) is 5.46. The highest BCUT2D eigenvalue weighted by Crippen LogP contribution is 2.16. The Labute approximate surface area is 119 Å². The summed E-state index contributed by atoms with van der Waals surface area (Å²) in [6, 6.07) is 0. The molecule has 2 rings (SSSR count). The van der Waals surface area contributed by atoms with Crippen LogP contribution in [0.2, 0.25) is 0 Å². The molecule has 0 saturated carbocycles. The van der Waals surface area contributed by atoms with E-state index in [1.807, 2.05) is 14.0 Å². The Morgan fingerprint density at radius 1 is 1.55 bits per heavy atom. The van der Waals surface area contributed by atoms with Gasteiger partial charge in [-0.2, -0.15) is 0 Å². The Bertz CT molecular complexity index is 428. The first-order chi connectivity index (χ1) is 9.66. The number of ether oxygens (including phenoxy) is 1. The van der Waals surface area contributed by atoms with Gasteiger partial charge >= 0.3 is 0 Å². The lowest BCUT2D eigenvalue weighted by Crippen LogP contribution is -2.29. The summed E-state index contributed by atoms with van der Waals surface area (Å²) in [5.74, 6) is 0.867. The number of carbonyl (C=O) groups is 1. The van der Waals surface area contributed by atoms with E-state index in [2.05, 4.69) is 15.5 Å². The summed E-state index contributed by atoms with van der Waals surface area (Å²) in [5, 5.41) is 11.2. The van der Waals surface area contributed by atoms with E-state index in [9.17, 15) is 4.79 Å². The molecule has 7 nitrogen and oxygen atoms in total. The van der Waals surface area contributed by atoms with Crippen molar-refractivity contribution in [3.63, 3.8) is 0 Å². The van der Waals surface area contributed by atoms with Gasteiger partial charge in [-0.15, -0.1) is 5.10 Å². The lowest BCUT2D eigenvalue weighted by atomic mass is 10.1. The van der Waals surface area contributed by atoms with Crippen molar-refractivity contribution < 1.29 is 9.53 Å². The lowest BCUT2D eigenvalue weighted by molar-refractivity contribution is -0.130. The van der Waals surface area contributed by atoms with Gasteiger partial charge in [-0.25, -0.2) is 4.68 Å². The zero-order valence-electron chi connectivity index (χ0n) is 12.3. The highest BCUT2D eigenvalue weighted by Gasteiger charge is 2.16. The van der Waals surface area contributed by atoms with Gasteiger partial charge in [0.05, 0.1) is 12.6 Å². The molecule has 2 heterocycles. The van der Waals surface area contributed by atoms with E-state index < -0.39 is 0 Å². The van der Waals surface area contributed by atoms with Crippen molar-refractivity contribution in [1.29, 1.82) is 0 Å². The lowest BCUT2D eigenvalue weighted by Gasteiger charge is -2.18. The molecule has 0 radical (unpaired) electrons. The van der Waals surface area contributed by atoms with Crippen molar-refractivity contribution in [2.45, 2.75) is 51.7 Å². The Morgan fingerprint density at radius 3 is 3.05 bits per heavy atom. The molecule has 20 heavy (non-hydrogen) atoms. The van der Waals surface area contributed by atoms with Gasteiger partial charge < -0.3 is 9.64 Å². The molecule has 112 valence electrons. The number of aryl methyl sites for hydroxylation is 2. The number of hydrogen-bond acceptors (Lipinski definition) is 5. The quantitative estimate of drug-likeness (QED) is 0.739. The molecular formula is C13H23N5O2. The minimum absolute atomic E-state index is 0.132. The van der Waals surface area contributed by atoms with E-state index >= 15 is 0 Å². The maximum atomic E-state index is 12.0. The first-order valence-corrected chi connectivity index (χ1v) is 7.25. The number of amides is 1. The summed E-state index contributed by atoms with van der Waals surface area (Å²) in [5.41, 5.74) is 0. The average molecular weight is 281 g/mol. The maximum Gasteiger partial charge on any atom is 0.224 e. The molecule has 1 fully saturated rings. The second-order valence-electron chi connectivity index (χ2n) is 5.29. The van der Waals surface area contributed by atoms with Gasteiger partial charge in [-0.05, 0) is 43.0 Å². The molecule has 1 amide bonds. The number of nitrogens with zero attached hydrogens (tertiary/aromatic N) is 5. The van der Waals surface area contributed by atoms with Gasteiger partial charge in [-0.3, -0.25) is 4.79 Å². The molecular weight excluding hydrogens is 258 g/mol. The summed E-state index contributed by atoms with van der Waals surface area (Å²) in [6.45, 7) is 4.04. The van der Waals surface area contributed by atoms with Crippen molar-refractivity contribution in [3.8, 4) is 0 Å². The van der Waals surface area contributed by atoms with Crippen molar-refractivity contribution in [3.05, 3.63) is 5.82 Å². The molecule has 0 bridgehead atoms. The van der Waals surface area contributed by atoms with Crippen LogP contribution in [0.1, 0.15) is 37.9 Å². The van der Waals surface area contributed by atoms with E-state index in [1.165, 1.54) is 6.42 Å². The van der Waals surface area contributed by atoms with Gasteiger partial charge in [0.25, 0.3) is 0 Å². The van der Waals surface area contributed by atoms with E-state index in [-0.39, 0.29) is 5.91 Å². The highest BCUT2D eigenvalue weighted by atomic mass is 16.5. The third kappa shape index (κ3) is 4.26. The molecule has 0 spiro atoms. The van der Waals surface area contributed by atoms with Crippen LogP contribution in [0.25, 0.3) is 0 Å². The zero-order valence-corrected chi connectivity index (χ0v) is 12.3. The fourth-order valence-electron chi connectivity index (χ4n) is 2.40. The summed E-state index contributed by atoms with van der Waals surface area (Å²) < 4.78 is 7.23. The predicted octanol–water partition coefficient (Wildman–Crippen LogP) is 0.789. The van der Waals surface area contributed by atoms with Gasteiger partial charge in [-0.1, -0.05) is 0 Å². The fraction of sp³-hybridized carbons (Fsp3) is 0.846. The summed E-state index contributed by atoms with van der Waals surface area (Å²) in [4.78, 5) is 13.8. The fourth-order valence-corrected chi connectivity index (χ4v) is 2.40. The summed E-state index contributed by atoms with van der Waals surface area (Å²) in [7, 11) is 1.85. The van der Waals surface area contributed by atoms with Crippen LogP contribution in [0.15, 0.2) is 0 Å². The molecule has 0 aromatic carbocycles. The molecule has 1 aliphatic rings. The number of hydrogen-bond donors (Lipinski definition) is 0. The van der Waals surface area contributed by atoms with Crippen molar-refractivity contribution in [1.82, 2.24) is 25.1 Å². The Hall–Kier alpha value is -1.50. The minimum atomic E-state index is 0.132. The average Bonchev–Trinajstić information content (AvgIpc) is 3.07. The topological polar surface area (TPSA) is 73.1 Å². The maximum absolute atomic E-state index is 12.0.